The minimum atomic E-state index is -0.0198. The Bertz CT molecular complexity index is 2370. The van der Waals surface area contributed by atoms with Crippen LogP contribution in [0.3, 0.4) is 0 Å². The second-order valence-corrected chi connectivity index (χ2v) is 21.8. The van der Waals surface area contributed by atoms with E-state index in [1.807, 2.05) is 22.7 Å². The van der Waals surface area contributed by atoms with Crippen molar-refractivity contribution in [2.24, 2.45) is 24.9 Å². The second-order valence-electron chi connectivity index (χ2n) is 19.6. The highest BCUT2D eigenvalue weighted by molar-refractivity contribution is 7.19. The maximum Gasteiger partial charge on any atom is 0.0787 e. The van der Waals surface area contributed by atoms with Crippen molar-refractivity contribution in [3.8, 4) is 0 Å². The lowest BCUT2D eigenvalue weighted by atomic mass is 9.52. The fourth-order valence-corrected chi connectivity index (χ4v) is 15.2. The third-order valence-corrected chi connectivity index (χ3v) is 19.6. The van der Waals surface area contributed by atoms with Gasteiger partial charge in [0.15, 0.2) is 0 Å². The van der Waals surface area contributed by atoms with Crippen molar-refractivity contribution in [3.63, 3.8) is 0 Å². The van der Waals surface area contributed by atoms with E-state index in [4.69, 9.17) is 0 Å². The summed E-state index contributed by atoms with van der Waals surface area (Å²) < 4.78 is 7.50. The van der Waals surface area contributed by atoms with Gasteiger partial charge in [0, 0.05) is 69.6 Å². The molecule has 0 spiro atoms. The molecule has 0 N–H and O–H groups in total. The van der Waals surface area contributed by atoms with Crippen LogP contribution in [-0.4, -0.2) is 9.13 Å². The van der Waals surface area contributed by atoms with Crippen LogP contribution in [0.2, 0.25) is 0 Å². The Morgan fingerprint density at radius 3 is 1.22 bits per heavy atom. The van der Waals surface area contributed by atoms with E-state index >= 15 is 0 Å². The molecular weight excluding hydrogens is 697 g/mol. The van der Waals surface area contributed by atoms with Crippen molar-refractivity contribution in [1.29, 1.82) is 0 Å². The van der Waals surface area contributed by atoms with Gasteiger partial charge in [-0.25, -0.2) is 0 Å². The molecular formula is C48H60N4S2. The molecule has 4 aliphatic rings. The minimum Gasteiger partial charge on any atom is -0.353 e. The molecule has 0 bridgehead atoms. The van der Waals surface area contributed by atoms with Crippen LogP contribution in [0.1, 0.15) is 138 Å². The number of hydrogen-bond acceptors (Lipinski definition) is 4. The molecule has 0 saturated heterocycles. The van der Waals surface area contributed by atoms with E-state index in [0.717, 1.165) is 0 Å². The van der Waals surface area contributed by atoms with Gasteiger partial charge in [-0.2, -0.15) is 0 Å². The largest absolute Gasteiger partial charge is 0.353 e. The van der Waals surface area contributed by atoms with Gasteiger partial charge >= 0.3 is 0 Å². The third-order valence-electron chi connectivity index (χ3n) is 16.8. The quantitative estimate of drug-likeness (QED) is 0.153. The van der Waals surface area contributed by atoms with Crippen molar-refractivity contribution in [3.05, 3.63) is 104 Å². The van der Waals surface area contributed by atoms with Gasteiger partial charge in [-0.1, -0.05) is 91.8 Å². The van der Waals surface area contributed by atoms with Crippen molar-refractivity contribution >= 4 is 54.5 Å². The highest BCUT2D eigenvalue weighted by atomic mass is 32.1. The summed E-state index contributed by atoms with van der Waals surface area (Å²) >= 11 is 4.03. The summed E-state index contributed by atoms with van der Waals surface area (Å²) in [5, 5.41) is 0. The van der Waals surface area contributed by atoms with Gasteiger partial charge < -0.3 is 18.9 Å². The van der Waals surface area contributed by atoms with Gasteiger partial charge in [0.2, 0.25) is 0 Å². The Hall–Kier alpha value is -3.48. The molecule has 4 unspecified atom stereocenters. The van der Waals surface area contributed by atoms with Gasteiger partial charge in [-0.05, 0) is 86.8 Å². The first-order valence-corrected chi connectivity index (χ1v) is 21.7. The van der Waals surface area contributed by atoms with Crippen molar-refractivity contribution in [2.45, 2.75) is 131 Å². The molecule has 6 heteroatoms. The SMILES string of the molecule is Cc1cccc2c1N1C(C)c3c(sc4ccn(C)c34)C1(C)C(C)(C)C2(C)C.Cc1cccc2c1N1C(C)c3c(sc4ccn(C)c34)C1(C)C(C)(C)C2(C)C. The summed E-state index contributed by atoms with van der Waals surface area (Å²) in [6, 6.07) is 19.1. The lowest BCUT2D eigenvalue weighted by molar-refractivity contribution is 0.0672. The van der Waals surface area contributed by atoms with Gasteiger partial charge in [0.05, 0.1) is 43.6 Å². The van der Waals surface area contributed by atoms with E-state index < -0.39 is 0 Å². The molecule has 8 heterocycles. The van der Waals surface area contributed by atoms with Gasteiger partial charge in [0.25, 0.3) is 0 Å². The summed E-state index contributed by atoms with van der Waals surface area (Å²) in [6.45, 7) is 34.1. The monoisotopic (exact) mass is 756 g/mol. The first-order valence-electron chi connectivity index (χ1n) is 20.0. The van der Waals surface area contributed by atoms with Crippen LogP contribution in [0.4, 0.5) is 11.4 Å². The van der Waals surface area contributed by atoms with Gasteiger partial charge in [-0.3, -0.25) is 0 Å². The molecule has 4 atom stereocenters. The van der Waals surface area contributed by atoms with E-state index in [1.165, 1.54) is 54.1 Å². The Morgan fingerprint density at radius 1 is 0.519 bits per heavy atom. The number of rotatable bonds is 0. The first-order chi connectivity index (χ1) is 25.1. The predicted octanol–water partition coefficient (Wildman–Crippen LogP) is 13.3. The van der Waals surface area contributed by atoms with Crippen LogP contribution in [-0.2, 0) is 36.0 Å². The molecule has 6 aromatic rings. The number of fused-ring (bicyclic) bond motifs is 14. The second kappa shape index (κ2) is 10.7. The molecule has 4 aliphatic heterocycles. The lowest BCUT2D eigenvalue weighted by Gasteiger charge is -2.62. The van der Waals surface area contributed by atoms with E-state index in [0.29, 0.717) is 12.1 Å². The molecule has 0 fully saturated rings. The Balaban J connectivity index is 0.000000142. The molecule has 0 amide bonds. The minimum absolute atomic E-state index is 0.0198. The molecule has 10 rings (SSSR count). The maximum atomic E-state index is 2.76. The summed E-state index contributed by atoms with van der Waals surface area (Å²) in [5.74, 6) is 0. The number of aryl methyl sites for hydroxylation is 4. The van der Waals surface area contributed by atoms with Gasteiger partial charge in [0.1, 0.15) is 0 Å². The molecule has 284 valence electrons. The highest BCUT2D eigenvalue weighted by Gasteiger charge is 2.66. The topological polar surface area (TPSA) is 16.3 Å². The van der Waals surface area contributed by atoms with E-state index in [1.54, 1.807) is 20.9 Å². The van der Waals surface area contributed by atoms with Crippen molar-refractivity contribution < 1.29 is 0 Å². The Morgan fingerprint density at radius 2 is 0.870 bits per heavy atom. The van der Waals surface area contributed by atoms with E-state index in [2.05, 4.69) is 191 Å². The van der Waals surface area contributed by atoms with E-state index in [9.17, 15) is 0 Å². The first kappa shape index (κ1) is 36.2. The Labute approximate surface area is 331 Å². The average molecular weight is 757 g/mol. The number of para-hydroxylation sites is 2. The lowest BCUT2D eigenvalue weighted by Crippen LogP contribution is -2.61. The molecule has 0 radical (unpaired) electrons. The van der Waals surface area contributed by atoms with Gasteiger partial charge in [-0.15, -0.1) is 22.7 Å². The number of aromatic nitrogens is 2. The van der Waals surface area contributed by atoms with Crippen LogP contribution < -0.4 is 9.80 Å². The number of hydrogen-bond donors (Lipinski definition) is 0. The zero-order valence-electron chi connectivity index (χ0n) is 35.5. The summed E-state index contributed by atoms with van der Waals surface area (Å²) in [4.78, 5) is 8.67. The van der Waals surface area contributed by atoms with Crippen LogP contribution >= 0.6 is 22.7 Å². The summed E-state index contributed by atoms with van der Waals surface area (Å²) in [5.41, 5.74) is 15.0. The molecule has 2 aromatic carbocycles. The fourth-order valence-electron chi connectivity index (χ4n) is 12.0. The highest BCUT2D eigenvalue weighted by Crippen LogP contribution is 2.71. The summed E-state index contributed by atoms with van der Waals surface area (Å²) in [6.07, 6.45) is 4.42. The molecule has 4 aromatic heterocycles. The number of anilines is 2. The maximum absolute atomic E-state index is 2.76. The zero-order valence-corrected chi connectivity index (χ0v) is 37.2. The number of benzene rings is 2. The number of nitrogens with zero attached hydrogens (tertiary/aromatic N) is 4. The van der Waals surface area contributed by atoms with Crippen LogP contribution in [0.25, 0.3) is 20.4 Å². The molecule has 0 aliphatic carbocycles. The zero-order chi connectivity index (χ0) is 39.0. The fraction of sp³-hybridized carbons (Fsp3) is 0.500. The standard InChI is InChI=1S/2C24H30N2S/c2*1-14-10-9-11-16-19(14)26-15(2)18-20-17(12-13-25(20)8)27-21(18)24(26,7)23(5,6)22(16,3)4/h2*9-13,15H,1-8H3. The van der Waals surface area contributed by atoms with Crippen molar-refractivity contribution in [1.82, 2.24) is 9.13 Å². The van der Waals surface area contributed by atoms with Crippen LogP contribution in [0.5, 0.6) is 0 Å². The Kier molecular flexibility index (Phi) is 7.15. The number of thiophene rings is 2. The molecule has 54 heavy (non-hydrogen) atoms. The summed E-state index contributed by atoms with van der Waals surface area (Å²) in [7, 11) is 4.38. The van der Waals surface area contributed by atoms with Crippen LogP contribution in [0, 0.1) is 24.7 Å². The normalized spacial score (nSPS) is 27.6. The smallest absolute Gasteiger partial charge is 0.0787 e. The van der Waals surface area contributed by atoms with Crippen molar-refractivity contribution in [2.75, 3.05) is 9.80 Å². The molecule has 4 nitrogen and oxygen atoms in total. The predicted molar refractivity (Wildman–Crippen MR) is 234 cm³/mol. The average Bonchev–Trinajstić information content (AvgIpc) is 3.91. The van der Waals surface area contributed by atoms with Crippen LogP contribution in [0.15, 0.2) is 60.9 Å². The van der Waals surface area contributed by atoms with E-state index in [-0.39, 0.29) is 32.7 Å². The third kappa shape index (κ3) is 3.77. The molecule has 0 saturated carbocycles.